The molecule has 0 radical (unpaired) electrons. The molecule has 1 aliphatic heterocycles. The third-order valence-corrected chi connectivity index (χ3v) is 9.30. The molecule has 230 valence electrons. The number of Topliss-reactive ketones (excluding diaryl/α,β-unsaturated/α-hetero) is 2. The number of rotatable bonds is 11. The molecule has 2 aromatic carbocycles. The maximum Gasteiger partial charge on any atom is 0.436 e. The summed E-state index contributed by atoms with van der Waals surface area (Å²) in [6.07, 6.45) is -5.19. The average molecular weight is 638 g/mol. The van der Waals surface area contributed by atoms with Crippen LogP contribution in [0, 0.1) is 24.0 Å². The normalized spacial score (nSPS) is 20.7. The Morgan fingerprint density at radius 1 is 0.953 bits per heavy atom. The van der Waals surface area contributed by atoms with Crippen molar-refractivity contribution >= 4 is 37.8 Å². The van der Waals surface area contributed by atoms with Crippen LogP contribution < -0.4 is 0 Å². The van der Waals surface area contributed by atoms with Crippen LogP contribution in [0.1, 0.15) is 51.9 Å². The molecule has 4 atom stereocenters. The first kappa shape index (κ1) is 32.1. The highest BCUT2D eigenvalue weighted by Gasteiger charge is 2.54. The smallest absolute Gasteiger partial charge is 0.394 e. The molecule has 2 heterocycles. The number of aryl methyl sites for hydroxylation is 2. The van der Waals surface area contributed by atoms with Crippen molar-refractivity contribution in [3.8, 4) is 0 Å². The molecule has 1 aliphatic rings. The highest BCUT2D eigenvalue weighted by Crippen LogP contribution is 2.39. The van der Waals surface area contributed by atoms with Crippen LogP contribution in [0.3, 0.4) is 0 Å². The summed E-state index contributed by atoms with van der Waals surface area (Å²) in [6, 6.07) is 7.89. The van der Waals surface area contributed by atoms with E-state index in [9.17, 15) is 41.6 Å². The lowest BCUT2D eigenvalue weighted by atomic mass is 10.1. The zero-order valence-corrected chi connectivity index (χ0v) is 24.9. The van der Waals surface area contributed by atoms with Crippen molar-refractivity contribution in [3.05, 3.63) is 81.2 Å². The number of nitrogens with zero attached hydrogens (tertiary/aromatic N) is 3. The quantitative estimate of drug-likeness (QED) is 0.138. The summed E-state index contributed by atoms with van der Waals surface area (Å²) in [5.41, 5.74) is 0.440. The number of aliphatic hydroxyl groups excluding tert-OH is 1. The number of hydrogen-bond acceptors (Lipinski definition) is 13. The molecule has 0 aliphatic carbocycles. The first-order chi connectivity index (χ1) is 20.1. The highest BCUT2D eigenvalue weighted by molar-refractivity contribution is 7.87. The number of ether oxygens (including phenoxy) is 1. The van der Waals surface area contributed by atoms with Crippen LogP contribution in [0.2, 0.25) is 0 Å². The summed E-state index contributed by atoms with van der Waals surface area (Å²) < 4.78 is 71.9. The molecule has 1 N–H and O–H groups in total. The van der Waals surface area contributed by atoms with E-state index in [0.717, 1.165) is 30.8 Å². The lowest BCUT2D eigenvalue weighted by Crippen LogP contribution is -2.41. The summed E-state index contributed by atoms with van der Waals surface area (Å²) in [5.74, 6) is -2.04. The molecular weight excluding hydrogens is 610 g/mol. The van der Waals surface area contributed by atoms with Crippen LogP contribution in [0.5, 0.6) is 0 Å². The van der Waals surface area contributed by atoms with Crippen LogP contribution >= 0.6 is 0 Å². The van der Waals surface area contributed by atoms with Gasteiger partial charge in [-0.2, -0.15) is 21.4 Å². The van der Waals surface area contributed by atoms with Crippen molar-refractivity contribution in [2.24, 2.45) is 0 Å². The van der Waals surface area contributed by atoms with Gasteiger partial charge in [0, 0.05) is 11.1 Å². The summed E-state index contributed by atoms with van der Waals surface area (Å²) >= 11 is 0. The Bertz CT molecular complexity index is 1820. The number of carbonyl (C=O) groups excluding carboxylic acids is 2. The largest absolute Gasteiger partial charge is 0.436 e. The van der Waals surface area contributed by atoms with Crippen molar-refractivity contribution in [1.82, 2.24) is 9.55 Å². The van der Waals surface area contributed by atoms with Gasteiger partial charge in [-0.25, -0.2) is 0 Å². The predicted molar refractivity (Wildman–Crippen MR) is 146 cm³/mol. The first-order valence-corrected chi connectivity index (χ1v) is 15.4. The molecular formula is C26H27N3O12S2. The minimum Gasteiger partial charge on any atom is -0.394 e. The zero-order chi connectivity index (χ0) is 31.9. The zero-order valence-electron chi connectivity index (χ0n) is 23.2. The van der Waals surface area contributed by atoms with Gasteiger partial charge in [0.25, 0.3) is 20.2 Å². The predicted octanol–water partition coefficient (Wildman–Crippen LogP) is 2.25. The molecule has 0 unspecified atom stereocenters. The summed E-state index contributed by atoms with van der Waals surface area (Å²) in [7, 11) is -9.81. The van der Waals surface area contributed by atoms with Gasteiger partial charge >= 0.3 is 5.95 Å². The second kappa shape index (κ2) is 12.0. The Hall–Kier alpha value is -3.87. The fourth-order valence-corrected chi connectivity index (χ4v) is 7.45. The third-order valence-electron chi connectivity index (χ3n) is 6.60. The van der Waals surface area contributed by atoms with Crippen LogP contribution in [0.15, 0.2) is 58.6 Å². The molecule has 15 nitrogen and oxygen atoms in total. The van der Waals surface area contributed by atoms with E-state index in [4.69, 9.17) is 13.1 Å². The van der Waals surface area contributed by atoms with Gasteiger partial charge in [0.15, 0.2) is 17.7 Å². The molecule has 3 aromatic rings. The van der Waals surface area contributed by atoms with Crippen LogP contribution in [-0.2, 0) is 33.3 Å². The van der Waals surface area contributed by atoms with E-state index in [-0.39, 0.29) is 11.1 Å². The van der Waals surface area contributed by atoms with E-state index in [1.807, 2.05) is 0 Å². The monoisotopic (exact) mass is 637 g/mol. The maximum atomic E-state index is 13.7. The highest BCUT2D eigenvalue weighted by atomic mass is 32.2. The van der Waals surface area contributed by atoms with Gasteiger partial charge in [0.05, 0.1) is 6.61 Å². The molecule has 17 heteroatoms. The number of ketones is 2. The average Bonchev–Trinajstić information content (AvgIpc) is 3.53. The molecule has 1 fully saturated rings. The van der Waals surface area contributed by atoms with E-state index >= 15 is 0 Å². The first-order valence-electron chi connectivity index (χ1n) is 12.6. The summed E-state index contributed by atoms with van der Waals surface area (Å²) in [5, 5.41) is 21.8. The maximum absolute atomic E-state index is 13.7. The number of aromatic nitrogens is 2. The second-order valence-electron chi connectivity index (χ2n) is 9.78. The van der Waals surface area contributed by atoms with E-state index in [1.54, 1.807) is 13.8 Å². The Balaban J connectivity index is 1.87. The number of benzene rings is 2. The van der Waals surface area contributed by atoms with Gasteiger partial charge in [0.1, 0.15) is 34.4 Å². The van der Waals surface area contributed by atoms with Crippen molar-refractivity contribution < 1.29 is 49.6 Å². The van der Waals surface area contributed by atoms with Gasteiger partial charge in [-0.05, 0) is 68.0 Å². The molecule has 1 aromatic heterocycles. The van der Waals surface area contributed by atoms with Gasteiger partial charge in [-0.1, -0.05) is 17.1 Å². The van der Waals surface area contributed by atoms with Crippen molar-refractivity contribution in [1.29, 1.82) is 0 Å². The Morgan fingerprint density at radius 2 is 1.44 bits per heavy atom. The lowest BCUT2D eigenvalue weighted by Gasteiger charge is -2.23. The van der Waals surface area contributed by atoms with Crippen LogP contribution in [0.25, 0.3) is 0 Å². The van der Waals surface area contributed by atoms with Gasteiger partial charge in [-0.15, -0.1) is 0 Å². The molecule has 0 spiro atoms. The fourth-order valence-electron chi connectivity index (χ4n) is 4.59. The van der Waals surface area contributed by atoms with Crippen LogP contribution in [0.4, 0.5) is 5.95 Å². The fraction of sp³-hybridized carbons (Fsp3) is 0.346. The van der Waals surface area contributed by atoms with E-state index in [0.29, 0.717) is 11.1 Å². The lowest BCUT2D eigenvalue weighted by molar-refractivity contribution is -0.398. The number of imidazole rings is 1. The number of nitro groups is 1. The van der Waals surface area contributed by atoms with Crippen LogP contribution in [-0.4, -0.2) is 72.9 Å². The Morgan fingerprint density at radius 3 is 1.88 bits per heavy atom. The second-order valence-corrected chi connectivity index (χ2v) is 12.9. The van der Waals surface area contributed by atoms with E-state index in [1.165, 1.54) is 36.4 Å². The number of hydrogen-bond donors (Lipinski definition) is 1. The SMILES string of the molecule is CC(=O)c1ccc(C)cc1S(=O)(=O)O[C@H]1[C@H](OS(=O)(=O)c2cc(C)ccc2C(C)=O)[C@@H](CO)O[C@H]1n1ccnc1[N+](=O)[O-]. The van der Waals surface area contributed by atoms with E-state index in [2.05, 4.69) is 4.98 Å². The molecule has 43 heavy (non-hydrogen) atoms. The minimum absolute atomic E-state index is 0.220. The minimum atomic E-state index is -4.93. The summed E-state index contributed by atoms with van der Waals surface area (Å²) in [4.78, 5) is 37.8. The summed E-state index contributed by atoms with van der Waals surface area (Å²) in [6.45, 7) is 4.47. The molecule has 0 saturated carbocycles. The Labute approximate surface area is 246 Å². The number of aliphatic hydroxyl groups is 1. The van der Waals surface area contributed by atoms with Crippen molar-refractivity contribution in [2.45, 2.75) is 62.0 Å². The molecule has 1 saturated heterocycles. The third kappa shape index (κ3) is 6.41. The Kier molecular flexibility index (Phi) is 8.96. The van der Waals surface area contributed by atoms with E-state index < -0.39 is 83.6 Å². The van der Waals surface area contributed by atoms with Crippen molar-refractivity contribution in [3.63, 3.8) is 0 Å². The standard InChI is InChI=1S/C26H27N3O12S2/c1-14-5-7-18(16(3)31)21(11-14)42(35,36)40-23-20(13-30)39-25(28-10-9-27-26(28)29(33)34)24(23)41-43(37,38)22-12-15(2)6-8-19(22)17(4)32/h5-12,20,23-25,30H,13H2,1-4H3/t20-,23-,24+,25-/m1/s1. The topological polar surface area (TPSA) is 211 Å². The number of carbonyl (C=O) groups is 2. The molecule has 0 amide bonds. The van der Waals surface area contributed by atoms with Gasteiger partial charge in [-0.3, -0.25) is 18.0 Å². The van der Waals surface area contributed by atoms with Crippen molar-refractivity contribution in [2.75, 3.05) is 6.61 Å². The molecule has 0 bridgehead atoms. The van der Waals surface area contributed by atoms with Gasteiger partial charge in [0.2, 0.25) is 6.23 Å². The molecule has 4 rings (SSSR count). The van der Waals surface area contributed by atoms with Gasteiger partial charge < -0.3 is 20.0 Å².